The Hall–Kier alpha value is -1.82. The van der Waals surface area contributed by atoms with E-state index in [-0.39, 0.29) is 18.2 Å². The van der Waals surface area contributed by atoms with Gasteiger partial charge in [-0.2, -0.15) is 4.99 Å². The summed E-state index contributed by atoms with van der Waals surface area (Å²) < 4.78 is 0. The summed E-state index contributed by atoms with van der Waals surface area (Å²) >= 11 is 1.35. The van der Waals surface area contributed by atoms with Crippen LogP contribution in [-0.4, -0.2) is 35.8 Å². The third-order valence-corrected chi connectivity index (χ3v) is 5.03. The van der Waals surface area contributed by atoms with Crippen molar-refractivity contribution >= 4 is 34.4 Å². The number of amidine groups is 1. The largest absolute Gasteiger partial charge is 0.364 e. The maximum atomic E-state index is 12.4. The summed E-state index contributed by atoms with van der Waals surface area (Å²) in [5, 5.41) is 3.41. The van der Waals surface area contributed by atoms with E-state index in [9.17, 15) is 9.59 Å². The number of amides is 2. The van der Waals surface area contributed by atoms with Crippen LogP contribution >= 0.6 is 11.8 Å². The zero-order chi connectivity index (χ0) is 16.8. The van der Waals surface area contributed by atoms with Crippen LogP contribution in [0.4, 0.5) is 5.69 Å². The number of rotatable bonds is 6. The highest BCUT2D eigenvalue weighted by molar-refractivity contribution is 8.15. The highest BCUT2D eigenvalue weighted by atomic mass is 32.2. The average Bonchev–Trinajstić information content (AvgIpc) is 2.92. The number of aliphatic imine (C=N–C) groups is 1. The van der Waals surface area contributed by atoms with Crippen molar-refractivity contribution in [2.24, 2.45) is 10.9 Å². The van der Waals surface area contributed by atoms with Crippen LogP contribution < -0.4 is 10.2 Å². The lowest BCUT2D eigenvalue weighted by atomic mass is 10.1. The van der Waals surface area contributed by atoms with Gasteiger partial charge in [0.25, 0.3) is 5.91 Å². The van der Waals surface area contributed by atoms with Gasteiger partial charge in [-0.3, -0.25) is 9.59 Å². The van der Waals surface area contributed by atoms with Crippen molar-refractivity contribution in [3.63, 3.8) is 0 Å². The number of benzene rings is 1. The molecule has 6 heteroatoms. The molecule has 1 heterocycles. The molecule has 2 amide bonds. The summed E-state index contributed by atoms with van der Waals surface area (Å²) in [7, 11) is 1.73. The lowest BCUT2D eigenvalue weighted by Crippen LogP contribution is -2.30. The second-order valence-electron chi connectivity index (χ2n) is 5.75. The maximum absolute atomic E-state index is 12.4. The molecule has 0 aromatic heterocycles. The standard InChI is InChI=1S/C17H23N3O2S/c1-4-12(2)11-18-17-19-16(22)14(23-17)10-15(21)20(3)13-8-6-5-7-9-13/h5-9,12,14H,4,10-11H2,1-3H3,(H,18,19,22). The van der Waals surface area contributed by atoms with Gasteiger partial charge in [0, 0.05) is 25.7 Å². The highest BCUT2D eigenvalue weighted by Crippen LogP contribution is 2.25. The lowest BCUT2D eigenvalue weighted by molar-refractivity contribution is -0.122. The van der Waals surface area contributed by atoms with Crippen LogP contribution in [0.15, 0.2) is 35.3 Å². The summed E-state index contributed by atoms with van der Waals surface area (Å²) in [5.41, 5.74) is 0.823. The van der Waals surface area contributed by atoms with Crippen LogP contribution in [0.2, 0.25) is 0 Å². The summed E-state index contributed by atoms with van der Waals surface area (Å²) in [5.74, 6) is 0.218. The van der Waals surface area contributed by atoms with Gasteiger partial charge in [-0.05, 0) is 18.1 Å². The van der Waals surface area contributed by atoms with Gasteiger partial charge >= 0.3 is 0 Å². The molecule has 1 aliphatic heterocycles. The van der Waals surface area contributed by atoms with Gasteiger partial charge in [0.05, 0.1) is 0 Å². The van der Waals surface area contributed by atoms with Crippen molar-refractivity contribution in [1.29, 1.82) is 0 Å². The Morgan fingerprint density at radius 3 is 2.74 bits per heavy atom. The molecule has 1 aromatic rings. The molecule has 0 saturated heterocycles. The first-order chi connectivity index (χ1) is 11.0. The molecular weight excluding hydrogens is 310 g/mol. The molecule has 1 aromatic carbocycles. The molecule has 0 fully saturated rings. The van der Waals surface area contributed by atoms with E-state index in [2.05, 4.69) is 24.2 Å². The van der Waals surface area contributed by atoms with E-state index >= 15 is 0 Å². The van der Waals surface area contributed by atoms with Crippen LogP contribution in [0.5, 0.6) is 0 Å². The zero-order valence-corrected chi connectivity index (χ0v) is 14.6. The minimum atomic E-state index is -0.423. The number of thioether (sulfide) groups is 1. The van der Waals surface area contributed by atoms with E-state index < -0.39 is 5.25 Å². The molecule has 0 spiro atoms. The predicted octanol–water partition coefficient (Wildman–Crippen LogP) is 2.67. The average molecular weight is 333 g/mol. The molecule has 0 saturated carbocycles. The van der Waals surface area contributed by atoms with Crippen molar-refractivity contribution in [1.82, 2.24) is 5.32 Å². The van der Waals surface area contributed by atoms with Crippen LogP contribution in [0.25, 0.3) is 0 Å². The van der Waals surface area contributed by atoms with Gasteiger partial charge in [0.1, 0.15) is 5.25 Å². The van der Waals surface area contributed by atoms with Crippen LogP contribution in [-0.2, 0) is 9.59 Å². The molecule has 5 nitrogen and oxygen atoms in total. The normalized spacial score (nSPS) is 18.5. The molecule has 2 unspecified atom stereocenters. The first-order valence-corrected chi connectivity index (χ1v) is 8.74. The summed E-state index contributed by atoms with van der Waals surface area (Å²) in [6.45, 7) is 5.06. The van der Waals surface area contributed by atoms with Crippen molar-refractivity contribution in [3.8, 4) is 0 Å². The number of hydrogen-bond donors (Lipinski definition) is 1. The van der Waals surface area contributed by atoms with E-state index in [1.54, 1.807) is 11.9 Å². The van der Waals surface area contributed by atoms with Crippen molar-refractivity contribution in [2.75, 3.05) is 18.5 Å². The molecule has 2 rings (SSSR count). The van der Waals surface area contributed by atoms with E-state index in [1.807, 2.05) is 30.3 Å². The first kappa shape index (κ1) is 17.5. The Morgan fingerprint density at radius 2 is 2.09 bits per heavy atom. The molecule has 1 aliphatic rings. The van der Waals surface area contributed by atoms with Gasteiger partial charge in [0.2, 0.25) is 5.91 Å². The Bertz CT molecular complexity index is 589. The van der Waals surface area contributed by atoms with Crippen LogP contribution in [0.3, 0.4) is 0 Å². The fourth-order valence-electron chi connectivity index (χ4n) is 2.09. The zero-order valence-electron chi connectivity index (χ0n) is 13.8. The fraction of sp³-hybridized carbons (Fsp3) is 0.471. The molecular formula is C17H23N3O2S. The minimum absolute atomic E-state index is 0.0829. The van der Waals surface area contributed by atoms with E-state index in [0.717, 1.165) is 18.7 Å². The lowest BCUT2D eigenvalue weighted by Gasteiger charge is -2.18. The Morgan fingerprint density at radius 1 is 1.39 bits per heavy atom. The number of anilines is 1. The topological polar surface area (TPSA) is 61.8 Å². The summed E-state index contributed by atoms with van der Waals surface area (Å²) in [6, 6.07) is 9.42. The quantitative estimate of drug-likeness (QED) is 0.869. The summed E-state index contributed by atoms with van der Waals surface area (Å²) in [6.07, 6.45) is 1.23. The minimum Gasteiger partial charge on any atom is -0.364 e. The smallest absolute Gasteiger partial charge is 0.262 e. The summed E-state index contributed by atoms with van der Waals surface area (Å²) in [4.78, 5) is 29.9. The van der Waals surface area contributed by atoms with E-state index in [4.69, 9.17) is 0 Å². The molecule has 23 heavy (non-hydrogen) atoms. The van der Waals surface area contributed by atoms with Gasteiger partial charge in [-0.1, -0.05) is 50.2 Å². The van der Waals surface area contributed by atoms with E-state index in [1.165, 1.54) is 11.8 Å². The van der Waals surface area contributed by atoms with E-state index in [0.29, 0.717) is 11.1 Å². The number of hydrogen-bond acceptors (Lipinski definition) is 4. The van der Waals surface area contributed by atoms with Crippen molar-refractivity contribution in [2.45, 2.75) is 31.9 Å². The number of nitrogens with zero attached hydrogens (tertiary/aromatic N) is 2. The van der Waals surface area contributed by atoms with Crippen molar-refractivity contribution < 1.29 is 9.59 Å². The second-order valence-corrected chi connectivity index (χ2v) is 6.94. The van der Waals surface area contributed by atoms with Gasteiger partial charge < -0.3 is 10.2 Å². The third kappa shape index (κ3) is 4.82. The number of carbonyl (C=O) groups is 2. The number of carbonyl (C=O) groups excluding carboxylic acids is 2. The Balaban J connectivity index is 1.87. The fourth-order valence-corrected chi connectivity index (χ4v) is 3.05. The molecule has 124 valence electrons. The monoisotopic (exact) mass is 333 g/mol. The molecule has 0 aliphatic carbocycles. The Labute approximate surface area is 141 Å². The molecule has 1 N–H and O–H groups in total. The SMILES string of the molecule is CCC(C)CNC1=NC(=O)C(CC(=O)N(C)c2ccccc2)S1. The molecule has 2 atom stereocenters. The molecule has 0 bridgehead atoms. The maximum Gasteiger partial charge on any atom is 0.262 e. The third-order valence-electron chi connectivity index (χ3n) is 3.92. The second kappa shape index (κ2) is 8.15. The highest BCUT2D eigenvalue weighted by Gasteiger charge is 2.31. The van der Waals surface area contributed by atoms with Gasteiger partial charge in [-0.15, -0.1) is 0 Å². The van der Waals surface area contributed by atoms with Crippen LogP contribution in [0, 0.1) is 5.92 Å². The molecule has 0 radical (unpaired) electrons. The first-order valence-electron chi connectivity index (χ1n) is 7.86. The van der Waals surface area contributed by atoms with Gasteiger partial charge in [0.15, 0.2) is 5.17 Å². The van der Waals surface area contributed by atoms with Gasteiger partial charge in [-0.25, -0.2) is 0 Å². The number of nitrogens with one attached hydrogen (secondary N) is 1. The van der Waals surface area contributed by atoms with Crippen molar-refractivity contribution in [3.05, 3.63) is 30.3 Å². The number of para-hydroxylation sites is 1. The van der Waals surface area contributed by atoms with Crippen LogP contribution in [0.1, 0.15) is 26.7 Å². The Kier molecular flexibility index (Phi) is 6.21. The predicted molar refractivity (Wildman–Crippen MR) is 95.7 cm³/mol.